The van der Waals surface area contributed by atoms with Crippen LogP contribution >= 0.6 is 0 Å². The van der Waals surface area contributed by atoms with Gasteiger partial charge < -0.3 is 10.2 Å². The number of nitro benzene ring substituents is 1. The Morgan fingerprint density at radius 3 is 2.66 bits per heavy atom. The largest absolute Gasteiger partial charge is 0.321 e. The number of anilines is 2. The second kappa shape index (κ2) is 7.35. The van der Waals surface area contributed by atoms with Gasteiger partial charge in [-0.15, -0.1) is 0 Å². The third-order valence-corrected chi connectivity index (χ3v) is 5.11. The smallest absolute Gasteiger partial charge is 0.282 e. The highest BCUT2D eigenvalue weighted by Crippen LogP contribution is 2.40. The molecule has 0 fully saturated rings. The molecule has 4 rings (SSSR count). The van der Waals surface area contributed by atoms with Gasteiger partial charge in [0.1, 0.15) is 5.56 Å². The summed E-state index contributed by atoms with van der Waals surface area (Å²) in [5.41, 5.74) is 1.69. The predicted octanol–water partition coefficient (Wildman–Crippen LogP) is 4.76. The molecule has 0 spiro atoms. The van der Waals surface area contributed by atoms with Gasteiger partial charge in [0.2, 0.25) is 0 Å². The van der Waals surface area contributed by atoms with Gasteiger partial charge in [-0.25, -0.2) is 0 Å². The molecule has 0 atom stereocenters. The number of carbonyl (C=O) groups is 2. The van der Waals surface area contributed by atoms with Crippen LogP contribution in [0.4, 0.5) is 17.1 Å². The molecule has 0 radical (unpaired) electrons. The van der Waals surface area contributed by atoms with Crippen LogP contribution in [0.15, 0.2) is 54.6 Å². The van der Waals surface area contributed by atoms with E-state index in [9.17, 15) is 19.7 Å². The van der Waals surface area contributed by atoms with E-state index in [1.54, 1.807) is 29.2 Å². The Hall–Kier alpha value is -3.74. The summed E-state index contributed by atoms with van der Waals surface area (Å²) >= 11 is 0. The van der Waals surface area contributed by atoms with Gasteiger partial charge in [-0.1, -0.05) is 37.6 Å². The average molecular weight is 389 g/mol. The van der Waals surface area contributed by atoms with Crippen LogP contribution in [0, 0.1) is 10.1 Å². The van der Waals surface area contributed by atoms with Crippen molar-refractivity contribution in [2.45, 2.75) is 19.8 Å². The summed E-state index contributed by atoms with van der Waals surface area (Å²) in [6.45, 7) is 2.71. The molecule has 1 N–H and O–H groups in total. The van der Waals surface area contributed by atoms with Crippen LogP contribution in [0.2, 0.25) is 0 Å². The van der Waals surface area contributed by atoms with Crippen LogP contribution in [-0.2, 0) is 0 Å². The van der Waals surface area contributed by atoms with Crippen LogP contribution in [-0.4, -0.2) is 23.3 Å². The molecule has 146 valence electrons. The maximum absolute atomic E-state index is 12.8. The fourth-order valence-corrected chi connectivity index (χ4v) is 3.71. The lowest BCUT2D eigenvalue weighted by Crippen LogP contribution is -2.27. The van der Waals surface area contributed by atoms with Crippen LogP contribution < -0.4 is 10.2 Å². The van der Waals surface area contributed by atoms with E-state index in [-0.39, 0.29) is 17.2 Å². The average Bonchev–Trinajstić information content (AvgIpc) is 3.01. The van der Waals surface area contributed by atoms with E-state index >= 15 is 0 Å². The zero-order valence-corrected chi connectivity index (χ0v) is 15.8. The highest BCUT2D eigenvalue weighted by atomic mass is 16.6. The Labute approximate surface area is 167 Å². The Bertz CT molecular complexity index is 1160. The number of hydrogen-bond acceptors (Lipinski definition) is 4. The summed E-state index contributed by atoms with van der Waals surface area (Å²) in [6.07, 6.45) is 1.88. The van der Waals surface area contributed by atoms with E-state index in [1.165, 1.54) is 18.2 Å². The van der Waals surface area contributed by atoms with Crippen molar-refractivity contribution >= 4 is 39.6 Å². The molecule has 3 aromatic carbocycles. The Balaban J connectivity index is 1.75. The highest BCUT2D eigenvalue weighted by molar-refractivity contribution is 6.27. The fourth-order valence-electron chi connectivity index (χ4n) is 3.71. The van der Waals surface area contributed by atoms with Gasteiger partial charge in [0.05, 0.1) is 10.6 Å². The Morgan fingerprint density at radius 2 is 1.90 bits per heavy atom. The number of hydrogen-bond donors (Lipinski definition) is 1. The number of nitro groups is 1. The molecule has 0 bridgehead atoms. The summed E-state index contributed by atoms with van der Waals surface area (Å²) in [5, 5.41) is 15.5. The first-order chi connectivity index (χ1) is 14.0. The lowest BCUT2D eigenvalue weighted by atomic mass is 10.0. The number of benzene rings is 3. The zero-order chi connectivity index (χ0) is 20.5. The van der Waals surface area contributed by atoms with Gasteiger partial charge in [-0.3, -0.25) is 19.7 Å². The summed E-state index contributed by atoms with van der Waals surface area (Å²) < 4.78 is 0. The van der Waals surface area contributed by atoms with Crippen molar-refractivity contribution in [3.63, 3.8) is 0 Å². The highest BCUT2D eigenvalue weighted by Gasteiger charge is 2.30. The van der Waals surface area contributed by atoms with E-state index in [0.717, 1.165) is 29.3 Å². The van der Waals surface area contributed by atoms with Crippen molar-refractivity contribution in [3.8, 4) is 0 Å². The standard InChI is InChI=1S/C22H19N3O4/c1-2-3-13-24-19-12-11-17(14-8-6-9-16(20(14)19)22(24)27)23-21(26)15-7-4-5-10-18(15)25(28)29/h4-12H,2-3,13H2,1H3,(H,23,26). The molecular weight excluding hydrogens is 370 g/mol. The maximum Gasteiger partial charge on any atom is 0.282 e. The van der Waals surface area contributed by atoms with E-state index in [1.807, 2.05) is 12.1 Å². The van der Waals surface area contributed by atoms with Gasteiger partial charge in [0.25, 0.3) is 17.5 Å². The van der Waals surface area contributed by atoms with Crippen LogP contribution in [0.1, 0.15) is 40.5 Å². The second-order valence-electron chi connectivity index (χ2n) is 6.90. The molecule has 1 aliphatic heterocycles. The molecule has 29 heavy (non-hydrogen) atoms. The number of nitrogens with one attached hydrogen (secondary N) is 1. The van der Waals surface area contributed by atoms with Crippen LogP contribution in [0.25, 0.3) is 10.8 Å². The van der Waals surface area contributed by atoms with Gasteiger partial charge in [-0.2, -0.15) is 0 Å². The molecule has 3 aromatic rings. The van der Waals surface area contributed by atoms with E-state index in [2.05, 4.69) is 12.2 Å². The third-order valence-electron chi connectivity index (χ3n) is 5.11. The van der Waals surface area contributed by atoms with E-state index in [0.29, 0.717) is 17.8 Å². The van der Waals surface area contributed by atoms with Crippen LogP contribution in [0.5, 0.6) is 0 Å². The van der Waals surface area contributed by atoms with E-state index < -0.39 is 10.8 Å². The van der Waals surface area contributed by atoms with Crippen molar-refractivity contribution < 1.29 is 14.5 Å². The number of amides is 2. The molecule has 0 aliphatic carbocycles. The molecule has 2 amide bonds. The summed E-state index contributed by atoms with van der Waals surface area (Å²) in [4.78, 5) is 38.0. The first kappa shape index (κ1) is 18.6. The van der Waals surface area contributed by atoms with Crippen molar-refractivity contribution in [1.29, 1.82) is 0 Å². The number of rotatable bonds is 6. The number of nitrogens with zero attached hydrogens (tertiary/aromatic N) is 2. The molecule has 0 saturated heterocycles. The Kier molecular flexibility index (Phi) is 4.72. The lowest BCUT2D eigenvalue weighted by Gasteiger charge is -2.17. The normalized spacial score (nSPS) is 12.4. The minimum atomic E-state index is -0.577. The molecule has 7 nitrogen and oxygen atoms in total. The van der Waals surface area contributed by atoms with Crippen molar-refractivity contribution in [2.75, 3.05) is 16.8 Å². The monoisotopic (exact) mass is 389 g/mol. The first-order valence-corrected chi connectivity index (χ1v) is 9.45. The quantitative estimate of drug-likeness (QED) is 0.486. The minimum Gasteiger partial charge on any atom is -0.321 e. The summed E-state index contributed by atoms with van der Waals surface area (Å²) in [5.74, 6) is -0.605. The SMILES string of the molecule is CCCCN1C(=O)c2cccc3c(NC(=O)c4ccccc4[N+](=O)[O-])ccc1c23. The summed E-state index contributed by atoms with van der Waals surface area (Å²) in [6, 6.07) is 14.8. The minimum absolute atomic E-state index is 0.0126. The maximum atomic E-state index is 12.8. The zero-order valence-electron chi connectivity index (χ0n) is 15.8. The molecule has 0 unspecified atom stereocenters. The topological polar surface area (TPSA) is 92.6 Å². The molecule has 0 aromatic heterocycles. The third kappa shape index (κ3) is 3.10. The Morgan fingerprint density at radius 1 is 1.10 bits per heavy atom. The van der Waals surface area contributed by atoms with Crippen molar-refractivity contribution in [3.05, 3.63) is 75.8 Å². The molecule has 1 aliphatic rings. The van der Waals surface area contributed by atoms with Crippen LogP contribution in [0.3, 0.4) is 0 Å². The number of carbonyl (C=O) groups excluding carboxylic acids is 2. The second-order valence-corrected chi connectivity index (χ2v) is 6.90. The van der Waals surface area contributed by atoms with E-state index in [4.69, 9.17) is 0 Å². The predicted molar refractivity (Wildman–Crippen MR) is 112 cm³/mol. The van der Waals surface area contributed by atoms with Gasteiger partial charge in [0, 0.05) is 34.6 Å². The lowest BCUT2D eigenvalue weighted by molar-refractivity contribution is -0.385. The molecule has 1 heterocycles. The number of unbranched alkanes of at least 4 members (excludes halogenated alkanes) is 1. The van der Waals surface area contributed by atoms with Gasteiger partial charge in [0.15, 0.2) is 0 Å². The van der Waals surface area contributed by atoms with Gasteiger partial charge >= 0.3 is 0 Å². The molecule has 7 heteroatoms. The molecule has 0 saturated carbocycles. The summed E-state index contributed by atoms with van der Waals surface area (Å²) in [7, 11) is 0. The van der Waals surface area contributed by atoms with Gasteiger partial charge in [-0.05, 0) is 30.7 Å². The van der Waals surface area contributed by atoms with Crippen molar-refractivity contribution in [1.82, 2.24) is 0 Å². The molecular formula is C22H19N3O4. The first-order valence-electron chi connectivity index (χ1n) is 9.45. The van der Waals surface area contributed by atoms with Crippen molar-refractivity contribution in [2.24, 2.45) is 0 Å². The number of para-hydroxylation sites is 1. The fraction of sp³-hybridized carbons (Fsp3) is 0.182.